The zero-order valence-corrected chi connectivity index (χ0v) is 24.4. The molecule has 0 saturated carbocycles. The quantitative estimate of drug-likeness (QED) is 0.297. The number of methoxy groups -OCH3 is 1. The molecule has 1 heterocycles. The van der Waals surface area contributed by atoms with Crippen LogP contribution >= 0.6 is 0 Å². The summed E-state index contributed by atoms with van der Waals surface area (Å²) in [4.78, 5) is 41.7. The Balaban J connectivity index is 2.05. The van der Waals surface area contributed by atoms with Crippen LogP contribution in [0.1, 0.15) is 37.6 Å². The van der Waals surface area contributed by atoms with E-state index >= 15 is 4.39 Å². The van der Waals surface area contributed by atoms with Gasteiger partial charge in [-0.25, -0.2) is 22.8 Å². The van der Waals surface area contributed by atoms with Crippen molar-refractivity contribution in [3.63, 3.8) is 0 Å². The zero-order chi connectivity index (χ0) is 31.7. The minimum Gasteiger partial charge on any atom is -0.494 e. The molecular formula is C32H32F3N3O5. The summed E-state index contributed by atoms with van der Waals surface area (Å²) < 4.78 is 57.3. The lowest BCUT2D eigenvalue weighted by Crippen LogP contribution is -2.55. The number of hydrogen-bond donors (Lipinski definition) is 1. The molecule has 1 atom stereocenters. The number of ether oxygens (including phenoxy) is 2. The van der Waals surface area contributed by atoms with Gasteiger partial charge in [0.05, 0.1) is 25.8 Å². The predicted molar refractivity (Wildman–Crippen MR) is 155 cm³/mol. The maximum atomic E-state index is 15.6. The van der Waals surface area contributed by atoms with E-state index in [1.165, 1.54) is 38.3 Å². The molecular weight excluding hydrogens is 563 g/mol. The Morgan fingerprint density at radius 3 is 2.07 bits per heavy atom. The highest BCUT2D eigenvalue weighted by atomic mass is 19.1. The van der Waals surface area contributed by atoms with E-state index in [9.17, 15) is 23.2 Å². The molecule has 0 radical (unpaired) electrons. The summed E-state index contributed by atoms with van der Waals surface area (Å²) in [6, 6.07) is 15.3. The Bertz CT molecular complexity index is 1780. The van der Waals surface area contributed by atoms with Crippen LogP contribution in [0.2, 0.25) is 0 Å². The lowest BCUT2D eigenvalue weighted by Gasteiger charge is -2.32. The molecule has 0 saturated heterocycles. The molecule has 11 heteroatoms. The van der Waals surface area contributed by atoms with E-state index in [0.29, 0.717) is 4.57 Å². The van der Waals surface area contributed by atoms with Gasteiger partial charge >= 0.3 is 11.7 Å². The van der Waals surface area contributed by atoms with Crippen LogP contribution in [0.15, 0.2) is 76.3 Å². The van der Waals surface area contributed by atoms with Gasteiger partial charge in [0.1, 0.15) is 17.2 Å². The van der Waals surface area contributed by atoms with Gasteiger partial charge in [-0.3, -0.25) is 13.9 Å². The van der Waals surface area contributed by atoms with Crippen molar-refractivity contribution >= 4 is 5.97 Å². The average Bonchev–Trinajstić information content (AvgIpc) is 2.95. The van der Waals surface area contributed by atoms with Gasteiger partial charge in [-0.2, -0.15) is 0 Å². The molecule has 43 heavy (non-hydrogen) atoms. The van der Waals surface area contributed by atoms with Crippen molar-refractivity contribution in [2.24, 2.45) is 5.73 Å². The van der Waals surface area contributed by atoms with E-state index in [2.05, 4.69) is 0 Å². The van der Waals surface area contributed by atoms with Crippen molar-refractivity contribution in [1.29, 1.82) is 0 Å². The number of aromatic nitrogens is 2. The lowest BCUT2D eigenvalue weighted by molar-refractivity contribution is -0.163. The van der Waals surface area contributed by atoms with E-state index in [4.69, 9.17) is 15.2 Å². The highest BCUT2D eigenvalue weighted by molar-refractivity contribution is 5.82. The van der Waals surface area contributed by atoms with Crippen molar-refractivity contribution < 1.29 is 27.4 Å². The summed E-state index contributed by atoms with van der Waals surface area (Å²) in [5.74, 6) is -3.85. The molecule has 0 aliphatic carbocycles. The summed E-state index contributed by atoms with van der Waals surface area (Å²) in [7, 11) is 1.25. The first kappa shape index (κ1) is 31.3. The molecule has 0 unspecified atom stereocenters. The number of hydrogen-bond acceptors (Lipinski definition) is 6. The highest BCUT2D eigenvalue weighted by Crippen LogP contribution is 2.30. The van der Waals surface area contributed by atoms with E-state index in [-0.39, 0.29) is 28.1 Å². The van der Waals surface area contributed by atoms with Crippen LogP contribution in [0, 0.1) is 24.4 Å². The van der Waals surface area contributed by atoms with Crippen LogP contribution < -0.4 is 21.7 Å². The third-order valence-corrected chi connectivity index (χ3v) is 6.98. The summed E-state index contributed by atoms with van der Waals surface area (Å²) in [5, 5.41) is 0. The Morgan fingerprint density at radius 2 is 1.49 bits per heavy atom. The number of carbonyl (C=O) groups is 1. The maximum Gasteiger partial charge on any atom is 0.333 e. The fourth-order valence-corrected chi connectivity index (χ4v) is 4.77. The summed E-state index contributed by atoms with van der Waals surface area (Å²) in [6.45, 7) is 4.89. The minimum atomic E-state index is -2.07. The Hall–Kier alpha value is -4.64. The third-order valence-electron chi connectivity index (χ3n) is 6.98. The Labute approximate surface area is 246 Å². The van der Waals surface area contributed by atoms with Crippen molar-refractivity contribution in [2.75, 3.05) is 7.11 Å². The number of benzene rings is 3. The van der Waals surface area contributed by atoms with Gasteiger partial charge < -0.3 is 15.2 Å². The predicted octanol–water partition coefficient (Wildman–Crippen LogP) is 4.66. The van der Waals surface area contributed by atoms with Crippen molar-refractivity contribution in [1.82, 2.24) is 9.13 Å². The van der Waals surface area contributed by atoms with E-state index < -0.39 is 64.5 Å². The normalized spacial score (nSPS) is 13.0. The van der Waals surface area contributed by atoms with Crippen LogP contribution in [-0.4, -0.2) is 27.8 Å². The monoisotopic (exact) mass is 595 g/mol. The van der Waals surface area contributed by atoms with Gasteiger partial charge in [0, 0.05) is 16.8 Å². The van der Waals surface area contributed by atoms with E-state index in [0.717, 1.165) is 16.7 Å². The highest BCUT2D eigenvalue weighted by Gasteiger charge is 2.41. The Morgan fingerprint density at radius 1 is 0.884 bits per heavy atom. The van der Waals surface area contributed by atoms with Gasteiger partial charge in [-0.15, -0.1) is 0 Å². The smallest absolute Gasteiger partial charge is 0.333 e. The zero-order valence-electron chi connectivity index (χ0n) is 24.4. The molecule has 4 aromatic rings. The molecule has 226 valence electrons. The molecule has 0 aliphatic rings. The lowest BCUT2D eigenvalue weighted by atomic mass is 9.90. The number of rotatable bonds is 8. The molecule has 8 nitrogen and oxygen atoms in total. The Kier molecular flexibility index (Phi) is 8.68. The SMILES string of the molecule is COc1cccc(-c2c(C)n(Cc3c(F)cccc3F)c(=O)n(C[C@@](N)(C(=O)OC(C)(C)C)c3ccccc3)c2=O)c1F. The standard InChI is InChI=1S/C32H32F3N3O5/c1-19-26(21-13-9-16-25(42-5)27(21)35)28(39)38(30(41)37(19)17-22-23(33)14-10-15-24(22)34)18-32(36,20-11-7-6-8-12-20)29(40)43-31(2,3)4/h6-16H,17-18,36H2,1-5H3/t32-/m0/s1. The summed E-state index contributed by atoms with van der Waals surface area (Å²) in [5.41, 5.74) is 0.847. The fraction of sp³-hybridized carbons (Fsp3) is 0.281. The van der Waals surface area contributed by atoms with Gasteiger partial charge in [0.2, 0.25) is 0 Å². The number of nitrogens with two attached hydrogens (primary N) is 1. The van der Waals surface area contributed by atoms with E-state index in [1.54, 1.807) is 51.1 Å². The third kappa shape index (κ3) is 6.12. The van der Waals surface area contributed by atoms with Crippen LogP contribution in [0.3, 0.4) is 0 Å². The molecule has 2 N–H and O–H groups in total. The van der Waals surface area contributed by atoms with Crippen LogP contribution in [-0.2, 0) is 28.2 Å². The number of esters is 1. The molecule has 1 aromatic heterocycles. The first-order chi connectivity index (χ1) is 20.2. The van der Waals surface area contributed by atoms with Crippen molar-refractivity contribution in [3.8, 4) is 16.9 Å². The van der Waals surface area contributed by atoms with Crippen molar-refractivity contribution in [3.05, 3.63) is 122 Å². The van der Waals surface area contributed by atoms with Gasteiger partial charge in [-0.1, -0.05) is 48.5 Å². The van der Waals surface area contributed by atoms with E-state index in [1.807, 2.05) is 0 Å². The second-order valence-corrected chi connectivity index (χ2v) is 11.1. The van der Waals surface area contributed by atoms with Crippen molar-refractivity contribution in [2.45, 2.75) is 51.9 Å². The molecule has 0 bridgehead atoms. The summed E-state index contributed by atoms with van der Waals surface area (Å²) >= 11 is 0. The first-order valence-corrected chi connectivity index (χ1v) is 13.4. The first-order valence-electron chi connectivity index (χ1n) is 13.4. The molecule has 3 aromatic carbocycles. The molecule has 0 spiro atoms. The number of halogens is 3. The van der Waals surface area contributed by atoms with Gasteiger partial charge in [0.25, 0.3) is 5.56 Å². The summed E-state index contributed by atoms with van der Waals surface area (Å²) in [6.07, 6.45) is 0. The topological polar surface area (TPSA) is 106 Å². The van der Waals surface area contributed by atoms with Gasteiger partial charge in [-0.05, 0) is 51.5 Å². The van der Waals surface area contributed by atoms with Gasteiger partial charge in [0.15, 0.2) is 17.1 Å². The number of carbonyl (C=O) groups excluding carboxylic acids is 1. The molecule has 0 amide bonds. The molecule has 0 fully saturated rings. The fourth-order valence-electron chi connectivity index (χ4n) is 4.77. The number of nitrogens with zero attached hydrogens (tertiary/aromatic N) is 2. The van der Waals surface area contributed by atoms with Crippen LogP contribution in [0.4, 0.5) is 13.2 Å². The van der Waals surface area contributed by atoms with Crippen LogP contribution in [0.25, 0.3) is 11.1 Å². The molecule has 0 aliphatic heterocycles. The largest absolute Gasteiger partial charge is 0.494 e. The second kappa shape index (κ2) is 11.9. The molecule has 4 rings (SSSR count). The van der Waals surface area contributed by atoms with Crippen LogP contribution in [0.5, 0.6) is 5.75 Å². The average molecular weight is 596 g/mol. The maximum absolute atomic E-state index is 15.6. The minimum absolute atomic E-state index is 0.0688. The second-order valence-electron chi connectivity index (χ2n) is 11.1.